The van der Waals surface area contributed by atoms with E-state index in [4.69, 9.17) is 4.74 Å². The Hall–Kier alpha value is -2.74. The van der Waals surface area contributed by atoms with Crippen LogP contribution >= 0.6 is 0 Å². The molecule has 1 N–H and O–H groups in total. The number of aromatic nitrogens is 3. The van der Waals surface area contributed by atoms with Crippen LogP contribution in [0.4, 0.5) is 5.69 Å². The maximum absolute atomic E-state index is 12.5. The summed E-state index contributed by atoms with van der Waals surface area (Å²) in [5.74, 6) is -0.334. The lowest BCUT2D eigenvalue weighted by Gasteiger charge is -2.23. The quantitative estimate of drug-likeness (QED) is 0.812. The van der Waals surface area contributed by atoms with Gasteiger partial charge in [0, 0.05) is 32.1 Å². The van der Waals surface area contributed by atoms with Gasteiger partial charge in [0.2, 0.25) is 5.91 Å². The first-order valence-electron chi connectivity index (χ1n) is 8.80. The number of amides is 2. The minimum atomic E-state index is -0.315. The average Bonchev–Trinajstić information content (AvgIpc) is 3.32. The van der Waals surface area contributed by atoms with Gasteiger partial charge in [-0.15, -0.1) is 0 Å². The molecule has 1 atom stereocenters. The first-order chi connectivity index (χ1) is 12.7. The zero-order valence-electron chi connectivity index (χ0n) is 14.8. The van der Waals surface area contributed by atoms with Gasteiger partial charge in [0.25, 0.3) is 5.91 Å². The van der Waals surface area contributed by atoms with E-state index in [2.05, 4.69) is 15.4 Å². The predicted octanol–water partition coefficient (Wildman–Crippen LogP) is 1.56. The normalized spacial score (nSPS) is 16.4. The molecule has 8 nitrogen and oxygen atoms in total. The highest BCUT2D eigenvalue weighted by molar-refractivity contribution is 6.02. The Kier molecular flexibility index (Phi) is 5.96. The van der Waals surface area contributed by atoms with Crippen molar-refractivity contribution in [2.45, 2.75) is 32.4 Å². The molecule has 1 aliphatic rings. The molecule has 8 heteroatoms. The van der Waals surface area contributed by atoms with E-state index in [1.807, 2.05) is 6.92 Å². The SMILES string of the molecule is CCN(C[C@@H]1CCCO1)C(=O)Cn1cc(NC(=O)c2ccccn2)cn1. The van der Waals surface area contributed by atoms with Crippen LogP contribution in [0.1, 0.15) is 30.3 Å². The number of anilines is 1. The third-order valence-electron chi connectivity index (χ3n) is 4.27. The third-order valence-corrected chi connectivity index (χ3v) is 4.27. The summed E-state index contributed by atoms with van der Waals surface area (Å²) in [5, 5.41) is 6.88. The molecular formula is C18H23N5O3. The number of rotatable bonds is 7. The third kappa shape index (κ3) is 4.66. The van der Waals surface area contributed by atoms with Crippen molar-refractivity contribution < 1.29 is 14.3 Å². The van der Waals surface area contributed by atoms with Gasteiger partial charge in [-0.1, -0.05) is 6.07 Å². The number of likely N-dealkylation sites (N-methyl/N-ethyl adjacent to an activating group) is 1. The van der Waals surface area contributed by atoms with Crippen LogP contribution in [-0.2, 0) is 16.1 Å². The van der Waals surface area contributed by atoms with Crippen LogP contribution in [0.15, 0.2) is 36.8 Å². The maximum atomic E-state index is 12.5. The maximum Gasteiger partial charge on any atom is 0.274 e. The standard InChI is InChI=1S/C18H23N5O3/c1-2-22(12-15-6-5-9-26-15)17(24)13-23-11-14(10-20-23)21-18(25)16-7-3-4-8-19-16/h3-4,7-8,10-11,15H,2,5-6,9,12-13H2,1H3,(H,21,25)/t15-/m0/s1. The number of hydrogen-bond donors (Lipinski definition) is 1. The van der Waals surface area contributed by atoms with E-state index in [0.29, 0.717) is 24.5 Å². The van der Waals surface area contributed by atoms with Gasteiger partial charge >= 0.3 is 0 Å². The highest BCUT2D eigenvalue weighted by Gasteiger charge is 2.22. The molecule has 0 aliphatic carbocycles. The molecule has 1 fully saturated rings. The molecule has 0 radical (unpaired) electrons. The van der Waals surface area contributed by atoms with Crippen LogP contribution in [0, 0.1) is 0 Å². The predicted molar refractivity (Wildman–Crippen MR) is 95.6 cm³/mol. The van der Waals surface area contributed by atoms with Gasteiger partial charge in [0.05, 0.1) is 18.0 Å². The number of ether oxygens (including phenoxy) is 1. The highest BCUT2D eigenvalue weighted by atomic mass is 16.5. The van der Waals surface area contributed by atoms with Gasteiger partial charge in [-0.3, -0.25) is 19.3 Å². The molecule has 1 saturated heterocycles. The van der Waals surface area contributed by atoms with Gasteiger partial charge < -0.3 is 15.0 Å². The first-order valence-corrected chi connectivity index (χ1v) is 8.80. The van der Waals surface area contributed by atoms with E-state index in [-0.39, 0.29) is 24.5 Å². The number of nitrogens with one attached hydrogen (secondary N) is 1. The molecule has 3 heterocycles. The van der Waals surface area contributed by atoms with Crippen LogP contribution in [0.5, 0.6) is 0 Å². The second-order valence-corrected chi connectivity index (χ2v) is 6.16. The van der Waals surface area contributed by atoms with Crippen molar-refractivity contribution in [3.8, 4) is 0 Å². The zero-order valence-corrected chi connectivity index (χ0v) is 14.8. The van der Waals surface area contributed by atoms with E-state index in [1.54, 1.807) is 35.5 Å². The first kappa shape index (κ1) is 18.1. The van der Waals surface area contributed by atoms with Crippen LogP contribution in [0.25, 0.3) is 0 Å². The second-order valence-electron chi connectivity index (χ2n) is 6.16. The Balaban J connectivity index is 1.55. The van der Waals surface area contributed by atoms with Crippen molar-refractivity contribution >= 4 is 17.5 Å². The van der Waals surface area contributed by atoms with E-state index >= 15 is 0 Å². The van der Waals surface area contributed by atoms with Crippen molar-refractivity contribution in [1.82, 2.24) is 19.7 Å². The highest BCUT2D eigenvalue weighted by Crippen LogP contribution is 2.14. The number of carbonyl (C=O) groups excluding carboxylic acids is 2. The zero-order chi connectivity index (χ0) is 18.4. The second kappa shape index (κ2) is 8.57. The Bertz CT molecular complexity index is 740. The molecule has 2 aromatic rings. The van der Waals surface area contributed by atoms with Crippen molar-refractivity contribution in [2.75, 3.05) is 25.0 Å². The summed E-state index contributed by atoms with van der Waals surface area (Å²) < 4.78 is 7.13. The van der Waals surface area contributed by atoms with Crippen molar-refractivity contribution in [3.05, 3.63) is 42.5 Å². The number of nitrogens with zero attached hydrogens (tertiary/aromatic N) is 4. The van der Waals surface area contributed by atoms with Gasteiger partial charge in [-0.25, -0.2) is 0 Å². The van der Waals surface area contributed by atoms with Crippen LogP contribution in [0.2, 0.25) is 0 Å². The number of hydrogen-bond acceptors (Lipinski definition) is 5. The number of carbonyl (C=O) groups is 2. The van der Waals surface area contributed by atoms with Gasteiger partial charge in [0.1, 0.15) is 12.2 Å². The van der Waals surface area contributed by atoms with Crippen molar-refractivity contribution in [3.63, 3.8) is 0 Å². The summed E-state index contributed by atoms with van der Waals surface area (Å²) in [7, 11) is 0. The lowest BCUT2D eigenvalue weighted by atomic mass is 10.2. The Morgan fingerprint density at radius 3 is 3.00 bits per heavy atom. The summed E-state index contributed by atoms with van der Waals surface area (Å²) in [5.41, 5.74) is 0.848. The fraction of sp³-hybridized carbons (Fsp3) is 0.444. The van der Waals surface area contributed by atoms with Crippen LogP contribution < -0.4 is 5.32 Å². The Morgan fingerprint density at radius 1 is 1.42 bits per heavy atom. The van der Waals surface area contributed by atoms with E-state index in [9.17, 15) is 9.59 Å². The molecule has 2 aromatic heterocycles. The molecule has 0 spiro atoms. The monoisotopic (exact) mass is 357 g/mol. The summed E-state index contributed by atoms with van der Waals surface area (Å²) in [6.07, 6.45) is 6.89. The molecule has 1 aliphatic heterocycles. The Labute approximate surface area is 152 Å². The van der Waals surface area contributed by atoms with E-state index < -0.39 is 0 Å². The lowest BCUT2D eigenvalue weighted by molar-refractivity contribution is -0.133. The molecule has 2 amide bonds. The Morgan fingerprint density at radius 2 is 2.31 bits per heavy atom. The van der Waals surface area contributed by atoms with Gasteiger partial charge in [-0.2, -0.15) is 5.10 Å². The summed E-state index contributed by atoms with van der Waals surface area (Å²) >= 11 is 0. The van der Waals surface area contributed by atoms with E-state index in [1.165, 1.54) is 10.9 Å². The fourth-order valence-electron chi connectivity index (χ4n) is 2.89. The van der Waals surface area contributed by atoms with Crippen LogP contribution in [-0.4, -0.2) is 57.3 Å². The molecule has 138 valence electrons. The molecule has 3 rings (SSSR count). The average molecular weight is 357 g/mol. The van der Waals surface area contributed by atoms with Gasteiger partial charge in [-0.05, 0) is 31.9 Å². The molecule has 0 bridgehead atoms. The summed E-state index contributed by atoms with van der Waals surface area (Å²) in [6.45, 7) is 4.09. The van der Waals surface area contributed by atoms with Crippen molar-refractivity contribution in [2.24, 2.45) is 0 Å². The summed E-state index contributed by atoms with van der Waals surface area (Å²) in [6, 6.07) is 5.13. The van der Waals surface area contributed by atoms with Crippen LogP contribution in [0.3, 0.4) is 0 Å². The fourth-order valence-corrected chi connectivity index (χ4v) is 2.89. The van der Waals surface area contributed by atoms with Gasteiger partial charge in [0.15, 0.2) is 0 Å². The molecular weight excluding hydrogens is 334 g/mol. The minimum Gasteiger partial charge on any atom is -0.376 e. The minimum absolute atomic E-state index is 0.0197. The van der Waals surface area contributed by atoms with E-state index in [0.717, 1.165) is 19.4 Å². The summed E-state index contributed by atoms with van der Waals surface area (Å²) in [4.78, 5) is 30.4. The topological polar surface area (TPSA) is 89.4 Å². The van der Waals surface area contributed by atoms with Crippen molar-refractivity contribution in [1.29, 1.82) is 0 Å². The molecule has 0 saturated carbocycles. The lowest BCUT2D eigenvalue weighted by Crippen LogP contribution is -2.39. The largest absolute Gasteiger partial charge is 0.376 e. The molecule has 0 aromatic carbocycles. The number of pyridine rings is 1. The smallest absolute Gasteiger partial charge is 0.274 e. The molecule has 0 unspecified atom stereocenters. The molecule has 26 heavy (non-hydrogen) atoms.